The van der Waals surface area contributed by atoms with Crippen molar-refractivity contribution in [1.29, 1.82) is 0 Å². The lowest BCUT2D eigenvalue weighted by atomic mass is 9.91. The average Bonchev–Trinajstić information content (AvgIpc) is 2.46. The minimum absolute atomic E-state index is 0.0717. The molecule has 20 heavy (non-hydrogen) atoms. The molecule has 2 rings (SSSR count). The molecular formula is C13H20FN3O2S. The normalized spacial score (nSPS) is 19.9. The molecule has 1 aromatic heterocycles. The van der Waals surface area contributed by atoms with Crippen LogP contribution in [-0.2, 0) is 10.0 Å². The zero-order valence-corrected chi connectivity index (χ0v) is 12.5. The summed E-state index contributed by atoms with van der Waals surface area (Å²) in [6.07, 6.45) is 3.81. The maximum Gasteiger partial charge on any atom is 0.244 e. The number of rotatable bonds is 4. The molecule has 0 aromatic carbocycles. The zero-order valence-electron chi connectivity index (χ0n) is 11.7. The van der Waals surface area contributed by atoms with E-state index in [0.717, 1.165) is 25.1 Å². The molecule has 2 heterocycles. The molecule has 1 fully saturated rings. The Kier molecular flexibility index (Phi) is 4.72. The molecule has 0 aliphatic carbocycles. The number of piperidine rings is 1. The van der Waals surface area contributed by atoms with Crippen molar-refractivity contribution in [2.75, 3.05) is 20.1 Å². The fraction of sp³-hybridized carbons (Fsp3) is 0.615. The average molecular weight is 301 g/mol. The predicted molar refractivity (Wildman–Crippen MR) is 74.2 cm³/mol. The fourth-order valence-electron chi connectivity index (χ4n) is 2.53. The zero-order chi connectivity index (χ0) is 14.8. The van der Waals surface area contributed by atoms with Crippen molar-refractivity contribution < 1.29 is 12.8 Å². The van der Waals surface area contributed by atoms with Crippen LogP contribution >= 0.6 is 0 Å². The van der Waals surface area contributed by atoms with Crippen LogP contribution < -0.4 is 5.32 Å². The largest absolute Gasteiger partial charge is 0.317 e. The van der Waals surface area contributed by atoms with Gasteiger partial charge < -0.3 is 5.32 Å². The lowest BCUT2D eigenvalue weighted by Gasteiger charge is -2.34. The van der Waals surface area contributed by atoms with Crippen LogP contribution in [0.4, 0.5) is 4.39 Å². The molecule has 7 heteroatoms. The first-order chi connectivity index (χ1) is 9.45. The van der Waals surface area contributed by atoms with Crippen molar-refractivity contribution >= 4 is 10.0 Å². The Bertz CT molecular complexity index is 556. The van der Waals surface area contributed by atoms with Crippen LogP contribution in [0.3, 0.4) is 0 Å². The molecule has 112 valence electrons. The maximum atomic E-state index is 13.1. The Morgan fingerprint density at radius 2 is 2.05 bits per heavy atom. The van der Waals surface area contributed by atoms with Gasteiger partial charge in [0.05, 0.1) is 6.20 Å². The SMILES string of the molecule is CNC(C)C1CCN(S(=O)(=O)c2cncc(F)c2)CC1. The van der Waals surface area contributed by atoms with Crippen LogP contribution in [0.2, 0.25) is 0 Å². The summed E-state index contributed by atoms with van der Waals surface area (Å²) in [4.78, 5) is 3.54. The summed E-state index contributed by atoms with van der Waals surface area (Å²) in [7, 11) is -1.72. The molecule has 1 N–H and O–H groups in total. The molecule has 1 atom stereocenters. The summed E-state index contributed by atoms with van der Waals surface area (Å²) in [6.45, 7) is 3.04. The second kappa shape index (κ2) is 6.15. The summed E-state index contributed by atoms with van der Waals surface area (Å²) in [5.74, 6) is -0.165. The van der Waals surface area contributed by atoms with Gasteiger partial charge in [0.15, 0.2) is 0 Å². The second-order valence-corrected chi connectivity index (χ2v) is 7.10. The molecule has 0 amide bonds. The van der Waals surface area contributed by atoms with Crippen LogP contribution in [0.1, 0.15) is 19.8 Å². The number of nitrogens with zero attached hydrogens (tertiary/aromatic N) is 2. The van der Waals surface area contributed by atoms with Crippen LogP contribution in [0.15, 0.2) is 23.4 Å². The Balaban J connectivity index is 2.10. The van der Waals surface area contributed by atoms with Crippen molar-refractivity contribution in [2.24, 2.45) is 5.92 Å². The van der Waals surface area contributed by atoms with E-state index in [0.29, 0.717) is 25.0 Å². The predicted octanol–water partition coefficient (Wildman–Crippen LogP) is 1.23. The molecule has 1 saturated heterocycles. The van der Waals surface area contributed by atoms with Gasteiger partial charge >= 0.3 is 0 Å². The topological polar surface area (TPSA) is 62.3 Å². The van der Waals surface area contributed by atoms with Crippen molar-refractivity contribution in [2.45, 2.75) is 30.7 Å². The molecule has 0 bridgehead atoms. The van der Waals surface area contributed by atoms with Gasteiger partial charge in [-0.2, -0.15) is 4.31 Å². The molecule has 0 saturated carbocycles. The molecule has 1 aliphatic heterocycles. The standard InChI is InChI=1S/C13H20FN3O2S/c1-10(15-2)11-3-5-17(6-4-11)20(18,19)13-7-12(14)8-16-9-13/h7-11,15H,3-6H2,1-2H3. The van der Waals surface area contributed by atoms with E-state index in [2.05, 4.69) is 17.2 Å². The minimum atomic E-state index is -3.63. The maximum absolute atomic E-state index is 13.1. The minimum Gasteiger partial charge on any atom is -0.317 e. The lowest BCUT2D eigenvalue weighted by Crippen LogP contribution is -2.43. The second-order valence-electron chi connectivity index (χ2n) is 5.16. The van der Waals surface area contributed by atoms with Gasteiger partial charge in [-0.3, -0.25) is 4.98 Å². The van der Waals surface area contributed by atoms with Crippen molar-refractivity contribution in [3.05, 3.63) is 24.3 Å². The van der Waals surface area contributed by atoms with E-state index >= 15 is 0 Å². The Labute approximate surface area is 119 Å². The quantitative estimate of drug-likeness (QED) is 0.908. The van der Waals surface area contributed by atoms with Crippen molar-refractivity contribution in [1.82, 2.24) is 14.6 Å². The molecule has 1 unspecified atom stereocenters. The summed E-state index contributed by atoms with van der Waals surface area (Å²) < 4.78 is 39.3. The van der Waals surface area contributed by atoms with Gasteiger partial charge in [-0.1, -0.05) is 0 Å². The van der Waals surface area contributed by atoms with Gasteiger partial charge in [-0.25, -0.2) is 12.8 Å². The molecular weight excluding hydrogens is 281 g/mol. The molecule has 1 aliphatic rings. The van der Waals surface area contributed by atoms with Gasteiger partial charge in [0, 0.05) is 25.3 Å². The Morgan fingerprint density at radius 3 is 2.60 bits per heavy atom. The van der Waals surface area contributed by atoms with Crippen LogP contribution in [0.25, 0.3) is 0 Å². The van der Waals surface area contributed by atoms with Gasteiger partial charge in [-0.15, -0.1) is 0 Å². The first kappa shape index (κ1) is 15.3. The third-order valence-electron chi connectivity index (χ3n) is 3.98. The fourth-order valence-corrected chi connectivity index (χ4v) is 3.98. The van der Waals surface area contributed by atoms with Gasteiger partial charge in [-0.05, 0) is 38.8 Å². The number of sulfonamides is 1. The third-order valence-corrected chi connectivity index (χ3v) is 5.84. The summed E-state index contributed by atoms with van der Waals surface area (Å²) in [5, 5.41) is 3.20. The number of hydrogen-bond donors (Lipinski definition) is 1. The van der Waals surface area contributed by atoms with E-state index in [1.807, 2.05) is 7.05 Å². The van der Waals surface area contributed by atoms with Gasteiger partial charge in [0.25, 0.3) is 0 Å². The lowest BCUT2D eigenvalue weighted by molar-refractivity contribution is 0.236. The van der Waals surface area contributed by atoms with Crippen LogP contribution in [-0.4, -0.2) is 43.9 Å². The highest BCUT2D eigenvalue weighted by Crippen LogP contribution is 2.25. The third kappa shape index (κ3) is 3.16. The van der Waals surface area contributed by atoms with E-state index in [-0.39, 0.29) is 4.90 Å². The smallest absolute Gasteiger partial charge is 0.244 e. The number of halogens is 1. The molecule has 0 spiro atoms. The van der Waals surface area contributed by atoms with E-state index in [4.69, 9.17) is 0 Å². The van der Waals surface area contributed by atoms with E-state index in [1.165, 1.54) is 10.5 Å². The van der Waals surface area contributed by atoms with Crippen LogP contribution in [0, 0.1) is 11.7 Å². The highest BCUT2D eigenvalue weighted by atomic mass is 32.2. The summed E-state index contributed by atoms with van der Waals surface area (Å²) in [6, 6.07) is 1.39. The molecule has 1 aromatic rings. The summed E-state index contributed by atoms with van der Waals surface area (Å²) >= 11 is 0. The molecule has 5 nitrogen and oxygen atoms in total. The van der Waals surface area contributed by atoms with E-state index in [9.17, 15) is 12.8 Å². The van der Waals surface area contributed by atoms with E-state index < -0.39 is 15.8 Å². The summed E-state index contributed by atoms with van der Waals surface area (Å²) in [5.41, 5.74) is 0. The Morgan fingerprint density at radius 1 is 1.40 bits per heavy atom. The number of pyridine rings is 1. The van der Waals surface area contributed by atoms with Gasteiger partial charge in [0.1, 0.15) is 10.7 Å². The van der Waals surface area contributed by atoms with E-state index in [1.54, 1.807) is 0 Å². The first-order valence-electron chi connectivity index (χ1n) is 6.73. The van der Waals surface area contributed by atoms with Gasteiger partial charge in [0.2, 0.25) is 10.0 Å². The number of hydrogen-bond acceptors (Lipinski definition) is 4. The van der Waals surface area contributed by atoms with Crippen LogP contribution in [0.5, 0.6) is 0 Å². The number of aromatic nitrogens is 1. The number of nitrogens with one attached hydrogen (secondary N) is 1. The van der Waals surface area contributed by atoms with Crippen molar-refractivity contribution in [3.8, 4) is 0 Å². The first-order valence-corrected chi connectivity index (χ1v) is 8.17. The van der Waals surface area contributed by atoms with Crippen molar-refractivity contribution in [3.63, 3.8) is 0 Å². The highest BCUT2D eigenvalue weighted by Gasteiger charge is 2.31. The Hall–Kier alpha value is -1.05. The monoisotopic (exact) mass is 301 g/mol. The molecule has 0 radical (unpaired) electrons. The highest BCUT2D eigenvalue weighted by molar-refractivity contribution is 7.89.